The minimum absolute atomic E-state index is 0.178. The number of likely N-dealkylation sites (N-methyl/N-ethyl adjacent to an activating group) is 1. The molecule has 0 saturated heterocycles. The quantitative estimate of drug-likeness (QED) is 0.859. The Morgan fingerprint density at radius 1 is 1.10 bits per heavy atom. The van der Waals surface area contributed by atoms with Gasteiger partial charge in [-0.3, -0.25) is 0 Å². The number of rotatable bonds is 6. The van der Waals surface area contributed by atoms with Crippen LogP contribution < -0.4 is 10.1 Å². The molecule has 0 amide bonds. The molecule has 1 N–H and O–H groups in total. The Hall–Kier alpha value is -1.51. The standard InChI is InChI=1S/C17H20ClNO/c1-3-20-17-11-7-5-9-14(17)16(19-2)12-13-8-4-6-10-15(13)18/h4-11,16,19H,3,12H2,1-2H3. The molecule has 1 atom stereocenters. The Labute approximate surface area is 125 Å². The molecule has 3 heteroatoms. The maximum atomic E-state index is 6.25. The molecule has 0 spiro atoms. The van der Waals surface area contributed by atoms with Crippen LogP contribution in [-0.2, 0) is 6.42 Å². The summed E-state index contributed by atoms with van der Waals surface area (Å²) >= 11 is 6.25. The maximum absolute atomic E-state index is 6.25. The average molecular weight is 290 g/mol. The zero-order chi connectivity index (χ0) is 14.4. The van der Waals surface area contributed by atoms with Gasteiger partial charge in [-0.15, -0.1) is 0 Å². The van der Waals surface area contributed by atoms with Gasteiger partial charge in [-0.1, -0.05) is 48.0 Å². The second-order valence-electron chi connectivity index (χ2n) is 4.61. The van der Waals surface area contributed by atoms with E-state index in [0.717, 1.165) is 28.3 Å². The van der Waals surface area contributed by atoms with Crippen LogP contribution in [0.25, 0.3) is 0 Å². The van der Waals surface area contributed by atoms with Gasteiger partial charge < -0.3 is 10.1 Å². The van der Waals surface area contributed by atoms with Gasteiger partial charge in [0, 0.05) is 16.6 Å². The second kappa shape index (κ2) is 7.32. The number of hydrogen-bond acceptors (Lipinski definition) is 2. The molecule has 0 radical (unpaired) electrons. The normalized spacial score (nSPS) is 12.2. The van der Waals surface area contributed by atoms with E-state index in [-0.39, 0.29) is 6.04 Å². The molecule has 2 aromatic carbocycles. The summed E-state index contributed by atoms with van der Waals surface area (Å²) in [6, 6.07) is 16.3. The summed E-state index contributed by atoms with van der Waals surface area (Å²) < 4.78 is 5.71. The molecule has 2 rings (SSSR count). The molecule has 2 aromatic rings. The molecule has 1 unspecified atom stereocenters. The van der Waals surface area contributed by atoms with E-state index in [1.165, 1.54) is 0 Å². The average Bonchev–Trinajstić information content (AvgIpc) is 2.48. The van der Waals surface area contributed by atoms with E-state index in [9.17, 15) is 0 Å². The van der Waals surface area contributed by atoms with Crippen molar-refractivity contribution < 1.29 is 4.74 Å². The Morgan fingerprint density at radius 2 is 1.80 bits per heavy atom. The highest BCUT2D eigenvalue weighted by atomic mass is 35.5. The van der Waals surface area contributed by atoms with Gasteiger partial charge in [0.15, 0.2) is 0 Å². The molecule has 0 heterocycles. The first-order valence-corrected chi connectivity index (χ1v) is 7.26. The van der Waals surface area contributed by atoms with Crippen LogP contribution in [0.15, 0.2) is 48.5 Å². The number of nitrogens with one attached hydrogen (secondary N) is 1. The van der Waals surface area contributed by atoms with Crippen molar-refractivity contribution in [3.63, 3.8) is 0 Å². The molecule has 0 saturated carbocycles. The summed E-state index contributed by atoms with van der Waals surface area (Å²) in [4.78, 5) is 0. The fourth-order valence-electron chi connectivity index (χ4n) is 2.31. The number of ether oxygens (including phenoxy) is 1. The lowest BCUT2D eigenvalue weighted by Gasteiger charge is -2.20. The van der Waals surface area contributed by atoms with Gasteiger partial charge in [0.2, 0.25) is 0 Å². The first kappa shape index (κ1) is 14.9. The van der Waals surface area contributed by atoms with E-state index in [1.54, 1.807) is 0 Å². The largest absolute Gasteiger partial charge is 0.494 e. The van der Waals surface area contributed by atoms with Crippen molar-refractivity contribution in [1.82, 2.24) is 5.32 Å². The van der Waals surface area contributed by atoms with E-state index in [1.807, 2.05) is 50.4 Å². The Kier molecular flexibility index (Phi) is 5.45. The molecular weight excluding hydrogens is 270 g/mol. The van der Waals surface area contributed by atoms with Crippen molar-refractivity contribution in [2.75, 3.05) is 13.7 Å². The second-order valence-corrected chi connectivity index (χ2v) is 5.01. The molecule has 0 aliphatic rings. The third-order valence-corrected chi connectivity index (χ3v) is 3.69. The van der Waals surface area contributed by atoms with Crippen LogP contribution in [0.1, 0.15) is 24.1 Å². The van der Waals surface area contributed by atoms with E-state index < -0.39 is 0 Å². The Morgan fingerprint density at radius 3 is 2.50 bits per heavy atom. The molecule has 0 aliphatic carbocycles. The van der Waals surface area contributed by atoms with E-state index in [0.29, 0.717) is 6.61 Å². The smallest absolute Gasteiger partial charge is 0.124 e. The minimum atomic E-state index is 0.178. The summed E-state index contributed by atoms with van der Waals surface area (Å²) in [6.07, 6.45) is 0.834. The lowest BCUT2D eigenvalue weighted by atomic mass is 9.98. The van der Waals surface area contributed by atoms with Gasteiger partial charge in [-0.2, -0.15) is 0 Å². The van der Waals surface area contributed by atoms with Crippen LogP contribution in [0.4, 0.5) is 0 Å². The van der Waals surface area contributed by atoms with Gasteiger partial charge >= 0.3 is 0 Å². The van der Waals surface area contributed by atoms with Crippen molar-refractivity contribution in [3.8, 4) is 5.75 Å². The van der Waals surface area contributed by atoms with Crippen LogP contribution >= 0.6 is 11.6 Å². The molecule has 0 fully saturated rings. The number of halogens is 1. The van der Waals surface area contributed by atoms with Crippen LogP contribution in [0.5, 0.6) is 5.75 Å². The topological polar surface area (TPSA) is 21.3 Å². The lowest BCUT2D eigenvalue weighted by Crippen LogP contribution is -2.20. The number of benzene rings is 2. The molecular formula is C17H20ClNO. The van der Waals surface area contributed by atoms with Gasteiger partial charge in [-0.25, -0.2) is 0 Å². The number of hydrogen-bond donors (Lipinski definition) is 1. The van der Waals surface area contributed by atoms with Gasteiger partial charge in [0.1, 0.15) is 5.75 Å². The molecule has 0 aromatic heterocycles. The van der Waals surface area contributed by atoms with Crippen molar-refractivity contribution in [1.29, 1.82) is 0 Å². The molecule has 2 nitrogen and oxygen atoms in total. The van der Waals surface area contributed by atoms with Crippen LogP contribution in [0, 0.1) is 0 Å². The van der Waals surface area contributed by atoms with Crippen molar-refractivity contribution in [2.45, 2.75) is 19.4 Å². The zero-order valence-corrected chi connectivity index (χ0v) is 12.7. The first-order valence-electron chi connectivity index (χ1n) is 6.88. The third-order valence-electron chi connectivity index (χ3n) is 3.32. The monoisotopic (exact) mass is 289 g/mol. The SMILES string of the molecule is CCOc1ccccc1C(Cc1ccccc1Cl)NC. The van der Waals surface area contributed by atoms with Gasteiger partial charge in [0.05, 0.1) is 6.61 Å². The van der Waals surface area contributed by atoms with Crippen molar-refractivity contribution in [3.05, 3.63) is 64.7 Å². The highest BCUT2D eigenvalue weighted by Crippen LogP contribution is 2.29. The Bertz CT molecular complexity index is 556. The van der Waals surface area contributed by atoms with Gasteiger partial charge in [0.25, 0.3) is 0 Å². The molecule has 0 aliphatic heterocycles. The van der Waals surface area contributed by atoms with Crippen molar-refractivity contribution in [2.24, 2.45) is 0 Å². The maximum Gasteiger partial charge on any atom is 0.124 e. The van der Waals surface area contributed by atoms with Crippen LogP contribution in [0.3, 0.4) is 0 Å². The van der Waals surface area contributed by atoms with Gasteiger partial charge in [-0.05, 0) is 38.1 Å². The predicted octanol–water partition coefficient (Wildman–Crippen LogP) is 4.24. The first-order chi connectivity index (χ1) is 9.76. The summed E-state index contributed by atoms with van der Waals surface area (Å²) in [5.74, 6) is 0.932. The summed E-state index contributed by atoms with van der Waals surface area (Å²) in [6.45, 7) is 2.67. The van der Waals surface area contributed by atoms with Crippen LogP contribution in [0.2, 0.25) is 5.02 Å². The van der Waals surface area contributed by atoms with Crippen LogP contribution in [-0.4, -0.2) is 13.7 Å². The highest BCUT2D eigenvalue weighted by Gasteiger charge is 2.15. The summed E-state index contributed by atoms with van der Waals surface area (Å²) in [5.41, 5.74) is 2.30. The summed E-state index contributed by atoms with van der Waals surface area (Å²) in [7, 11) is 1.96. The summed E-state index contributed by atoms with van der Waals surface area (Å²) in [5, 5.41) is 4.16. The fourth-order valence-corrected chi connectivity index (χ4v) is 2.52. The lowest BCUT2D eigenvalue weighted by molar-refractivity contribution is 0.332. The number of para-hydroxylation sites is 1. The Balaban J connectivity index is 2.27. The van der Waals surface area contributed by atoms with E-state index in [4.69, 9.17) is 16.3 Å². The molecule has 20 heavy (non-hydrogen) atoms. The molecule has 0 bridgehead atoms. The van der Waals surface area contributed by atoms with E-state index >= 15 is 0 Å². The zero-order valence-electron chi connectivity index (χ0n) is 11.9. The van der Waals surface area contributed by atoms with E-state index in [2.05, 4.69) is 17.4 Å². The minimum Gasteiger partial charge on any atom is -0.494 e. The highest BCUT2D eigenvalue weighted by molar-refractivity contribution is 6.31. The predicted molar refractivity (Wildman–Crippen MR) is 84.6 cm³/mol. The molecule has 106 valence electrons. The third kappa shape index (κ3) is 3.53. The fraction of sp³-hybridized carbons (Fsp3) is 0.294. The van der Waals surface area contributed by atoms with Crippen molar-refractivity contribution >= 4 is 11.6 Å².